The standard InChI is InChI=1S/C7H9NO2/c1-2-5-8-6(9)3-4-7(8)10/h2,5H,3-4H2,1H3/b5-2-. The molecule has 10 heavy (non-hydrogen) atoms. The molecule has 1 fully saturated rings. The van der Waals surface area contributed by atoms with Crippen LogP contribution in [0.3, 0.4) is 0 Å². The number of hydrogen-bond acceptors (Lipinski definition) is 2. The second kappa shape index (κ2) is 2.64. The number of hydrogen-bond donors (Lipinski definition) is 0. The average Bonchev–Trinajstić information content (AvgIpc) is 2.20. The summed E-state index contributed by atoms with van der Waals surface area (Å²) in [6.07, 6.45) is 3.92. The third kappa shape index (κ3) is 1.07. The molecule has 2 amide bonds. The van der Waals surface area contributed by atoms with Gasteiger partial charge < -0.3 is 0 Å². The van der Waals surface area contributed by atoms with Crippen LogP contribution in [0.15, 0.2) is 12.3 Å². The molecule has 0 N–H and O–H groups in total. The van der Waals surface area contributed by atoms with E-state index in [9.17, 15) is 9.59 Å². The fourth-order valence-electron chi connectivity index (χ4n) is 0.909. The number of allylic oxidation sites excluding steroid dienone is 1. The molecule has 1 aliphatic rings. The Balaban J connectivity index is 2.72. The maximum Gasteiger partial charge on any atom is 0.233 e. The van der Waals surface area contributed by atoms with Crippen molar-refractivity contribution in [1.82, 2.24) is 4.90 Å². The van der Waals surface area contributed by atoms with Crippen LogP contribution in [-0.4, -0.2) is 16.7 Å². The molecule has 0 radical (unpaired) electrons. The highest BCUT2D eigenvalue weighted by molar-refractivity contribution is 6.02. The molecule has 3 nitrogen and oxygen atoms in total. The zero-order valence-corrected chi connectivity index (χ0v) is 5.83. The summed E-state index contributed by atoms with van der Waals surface area (Å²) in [6.45, 7) is 1.78. The van der Waals surface area contributed by atoms with Gasteiger partial charge in [-0.1, -0.05) is 6.08 Å². The highest BCUT2D eigenvalue weighted by atomic mass is 16.2. The summed E-state index contributed by atoms with van der Waals surface area (Å²) >= 11 is 0. The molecule has 0 saturated carbocycles. The van der Waals surface area contributed by atoms with Gasteiger partial charge in [0.05, 0.1) is 0 Å². The first-order chi connectivity index (χ1) is 4.75. The molecule has 1 heterocycles. The molecule has 0 spiro atoms. The minimum absolute atomic E-state index is 0.0944. The molecular formula is C7H9NO2. The molecule has 1 aliphatic heterocycles. The summed E-state index contributed by atoms with van der Waals surface area (Å²) in [5.41, 5.74) is 0. The lowest BCUT2D eigenvalue weighted by atomic mass is 10.4. The van der Waals surface area contributed by atoms with Crippen molar-refractivity contribution in [2.45, 2.75) is 19.8 Å². The quantitative estimate of drug-likeness (QED) is 0.501. The molecule has 0 aliphatic carbocycles. The van der Waals surface area contributed by atoms with Crippen LogP contribution in [0.4, 0.5) is 0 Å². The van der Waals surface area contributed by atoms with E-state index in [0.29, 0.717) is 12.8 Å². The zero-order chi connectivity index (χ0) is 7.56. The van der Waals surface area contributed by atoms with Gasteiger partial charge in [0.25, 0.3) is 0 Å². The molecule has 0 aromatic heterocycles. The van der Waals surface area contributed by atoms with E-state index in [1.165, 1.54) is 11.1 Å². The summed E-state index contributed by atoms with van der Waals surface area (Å²) in [4.78, 5) is 22.8. The van der Waals surface area contributed by atoms with Crippen molar-refractivity contribution in [3.05, 3.63) is 12.3 Å². The summed E-state index contributed by atoms with van der Waals surface area (Å²) in [6, 6.07) is 0. The molecule has 0 aromatic carbocycles. The maximum atomic E-state index is 10.8. The highest BCUT2D eigenvalue weighted by Crippen LogP contribution is 2.11. The second-order valence-electron chi connectivity index (χ2n) is 2.14. The Bertz CT molecular complexity index is 180. The lowest BCUT2D eigenvalue weighted by Crippen LogP contribution is -2.22. The van der Waals surface area contributed by atoms with E-state index in [-0.39, 0.29) is 11.8 Å². The van der Waals surface area contributed by atoms with Crippen molar-refractivity contribution < 1.29 is 9.59 Å². The summed E-state index contributed by atoms with van der Waals surface area (Å²) in [5.74, 6) is -0.189. The Hall–Kier alpha value is -1.12. The minimum atomic E-state index is -0.0944. The maximum absolute atomic E-state index is 10.8. The van der Waals surface area contributed by atoms with Crippen LogP contribution < -0.4 is 0 Å². The average molecular weight is 139 g/mol. The van der Waals surface area contributed by atoms with Crippen molar-refractivity contribution in [2.24, 2.45) is 0 Å². The van der Waals surface area contributed by atoms with Gasteiger partial charge in [0.15, 0.2) is 0 Å². The van der Waals surface area contributed by atoms with Gasteiger partial charge in [0, 0.05) is 19.0 Å². The molecular weight excluding hydrogens is 130 g/mol. The zero-order valence-electron chi connectivity index (χ0n) is 5.83. The van der Waals surface area contributed by atoms with E-state index < -0.39 is 0 Å². The van der Waals surface area contributed by atoms with E-state index in [0.717, 1.165) is 0 Å². The molecule has 0 bridgehead atoms. The van der Waals surface area contributed by atoms with Crippen molar-refractivity contribution in [2.75, 3.05) is 0 Å². The van der Waals surface area contributed by atoms with Crippen LogP contribution >= 0.6 is 0 Å². The fourth-order valence-corrected chi connectivity index (χ4v) is 0.909. The van der Waals surface area contributed by atoms with E-state index in [1.807, 2.05) is 0 Å². The van der Waals surface area contributed by atoms with Gasteiger partial charge in [0.1, 0.15) is 0 Å². The SMILES string of the molecule is C/C=C\N1C(=O)CCC1=O. The monoisotopic (exact) mass is 139 g/mol. The summed E-state index contributed by atoms with van der Waals surface area (Å²) in [5, 5.41) is 0. The first kappa shape index (κ1) is 6.99. The smallest absolute Gasteiger partial charge is 0.233 e. The molecule has 0 aromatic rings. The number of amides is 2. The second-order valence-corrected chi connectivity index (χ2v) is 2.14. The predicted octanol–water partition coefficient (Wildman–Crippen LogP) is 0.669. The summed E-state index contributed by atoms with van der Waals surface area (Å²) in [7, 11) is 0. The first-order valence-electron chi connectivity index (χ1n) is 3.23. The number of likely N-dealkylation sites (tertiary alicyclic amines) is 1. The van der Waals surface area contributed by atoms with Crippen LogP contribution in [0.2, 0.25) is 0 Å². The molecule has 0 atom stereocenters. The molecule has 0 unspecified atom stereocenters. The lowest BCUT2D eigenvalue weighted by Gasteiger charge is -2.04. The van der Waals surface area contributed by atoms with Gasteiger partial charge >= 0.3 is 0 Å². The Morgan fingerprint density at radius 3 is 2.20 bits per heavy atom. The van der Waals surface area contributed by atoms with Crippen LogP contribution in [0.5, 0.6) is 0 Å². The number of carbonyl (C=O) groups is 2. The topological polar surface area (TPSA) is 37.4 Å². The van der Waals surface area contributed by atoms with E-state index in [4.69, 9.17) is 0 Å². The third-order valence-electron chi connectivity index (χ3n) is 1.39. The molecule has 54 valence electrons. The Labute approximate surface area is 59.3 Å². The van der Waals surface area contributed by atoms with Gasteiger partial charge in [-0.3, -0.25) is 14.5 Å². The van der Waals surface area contributed by atoms with Gasteiger partial charge in [-0.05, 0) is 6.92 Å². The Morgan fingerprint density at radius 1 is 1.30 bits per heavy atom. The third-order valence-corrected chi connectivity index (χ3v) is 1.39. The highest BCUT2D eigenvalue weighted by Gasteiger charge is 2.26. The number of imide groups is 1. The van der Waals surface area contributed by atoms with Gasteiger partial charge in [-0.2, -0.15) is 0 Å². The number of nitrogens with zero attached hydrogens (tertiary/aromatic N) is 1. The van der Waals surface area contributed by atoms with Crippen LogP contribution in [-0.2, 0) is 9.59 Å². The lowest BCUT2D eigenvalue weighted by molar-refractivity contribution is -0.135. The minimum Gasteiger partial charge on any atom is -0.274 e. The van der Waals surface area contributed by atoms with Crippen molar-refractivity contribution in [1.29, 1.82) is 0 Å². The van der Waals surface area contributed by atoms with Gasteiger partial charge in [-0.25, -0.2) is 0 Å². The normalized spacial score (nSPS) is 19.5. The van der Waals surface area contributed by atoms with Gasteiger partial charge in [-0.15, -0.1) is 0 Å². The Morgan fingerprint density at radius 2 is 1.80 bits per heavy atom. The fraction of sp³-hybridized carbons (Fsp3) is 0.429. The van der Waals surface area contributed by atoms with E-state index >= 15 is 0 Å². The predicted molar refractivity (Wildman–Crippen MR) is 35.9 cm³/mol. The summed E-state index contributed by atoms with van der Waals surface area (Å²) < 4.78 is 0. The van der Waals surface area contributed by atoms with E-state index in [2.05, 4.69) is 0 Å². The number of rotatable bonds is 1. The van der Waals surface area contributed by atoms with Crippen LogP contribution in [0.1, 0.15) is 19.8 Å². The van der Waals surface area contributed by atoms with E-state index in [1.54, 1.807) is 13.0 Å². The first-order valence-corrected chi connectivity index (χ1v) is 3.23. The molecule has 1 saturated heterocycles. The number of carbonyl (C=O) groups excluding carboxylic acids is 2. The largest absolute Gasteiger partial charge is 0.274 e. The van der Waals surface area contributed by atoms with Crippen LogP contribution in [0, 0.1) is 0 Å². The molecule has 1 rings (SSSR count). The van der Waals surface area contributed by atoms with Crippen molar-refractivity contribution >= 4 is 11.8 Å². The van der Waals surface area contributed by atoms with Crippen LogP contribution in [0.25, 0.3) is 0 Å². The van der Waals surface area contributed by atoms with Crippen molar-refractivity contribution in [3.8, 4) is 0 Å². The Kier molecular flexibility index (Phi) is 1.85. The van der Waals surface area contributed by atoms with Crippen molar-refractivity contribution in [3.63, 3.8) is 0 Å². The van der Waals surface area contributed by atoms with Gasteiger partial charge in [0.2, 0.25) is 11.8 Å². The molecule has 3 heteroatoms.